The fourth-order valence-electron chi connectivity index (χ4n) is 1.15. The molecule has 1 aromatic rings. The Morgan fingerprint density at radius 1 is 1.44 bits per heavy atom. The average Bonchev–Trinajstić information content (AvgIpc) is 2.26. The molecule has 5 heteroatoms. The predicted molar refractivity (Wildman–Crippen MR) is 65.3 cm³/mol. The summed E-state index contributed by atoms with van der Waals surface area (Å²) in [4.78, 5) is 11.1. The zero-order chi connectivity index (χ0) is 11.3. The summed E-state index contributed by atoms with van der Waals surface area (Å²) >= 11 is 0. The number of aliphatic hydroxyl groups excluding tert-OH is 1. The second-order valence-corrected chi connectivity index (χ2v) is 3.46. The van der Waals surface area contributed by atoms with Gasteiger partial charge in [0.05, 0.1) is 12.1 Å². The van der Waals surface area contributed by atoms with E-state index in [2.05, 4.69) is 5.32 Å². The van der Waals surface area contributed by atoms with Gasteiger partial charge in [-0.05, 0) is 12.5 Å². The van der Waals surface area contributed by atoms with E-state index in [1.54, 1.807) is 6.92 Å². The zero-order valence-corrected chi connectivity index (χ0v) is 9.91. The van der Waals surface area contributed by atoms with Gasteiger partial charge in [-0.2, -0.15) is 0 Å². The summed E-state index contributed by atoms with van der Waals surface area (Å²) in [7, 11) is 0. The van der Waals surface area contributed by atoms with Gasteiger partial charge < -0.3 is 16.2 Å². The van der Waals surface area contributed by atoms with Gasteiger partial charge in [0.2, 0.25) is 5.91 Å². The molecule has 1 amide bonds. The lowest BCUT2D eigenvalue weighted by atomic mass is 10.1. The summed E-state index contributed by atoms with van der Waals surface area (Å²) < 4.78 is 0. The lowest BCUT2D eigenvalue weighted by Gasteiger charge is -2.13. The van der Waals surface area contributed by atoms with Crippen molar-refractivity contribution in [3.05, 3.63) is 35.9 Å². The summed E-state index contributed by atoms with van der Waals surface area (Å²) in [6.07, 6.45) is -0.686. The lowest BCUT2D eigenvalue weighted by molar-refractivity contribution is -0.122. The molecule has 0 bridgehead atoms. The van der Waals surface area contributed by atoms with E-state index in [1.165, 1.54) is 0 Å². The van der Waals surface area contributed by atoms with Crippen LogP contribution in [0.4, 0.5) is 0 Å². The van der Waals surface area contributed by atoms with Crippen molar-refractivity contribution in [1.82, 2.24) is 5.32 Å². The van der Waals surface area contributed by atoms with E-state index in [1.807, 2.05) is 30.3 Å². The van der Waals surface area contributed by atoms with E-state index in [4.69, 9.17) is 5.73 Å². The van der Waals surface area contributed by atoms with Crippen molar-refractivity contribution in [2.75, 3.05) is 6.54 Å². The van der Waals surface area contributed by atoms with Crippen molar-refractivity contribution in [1.29, 1.82) is 0 Å². The molecule has 1 rings (SSSR count). The minimum Gasteiger partial charge on any atom is -0.387 e. The van der Waals surface area contributed by atoms with Crippen molar-refractivity contribution in [2.45, 2.75) is 19.1 Å². The highest BCUT2D eigenvalue weighted by atomic mass is 35.5. The molecule has 2 atom stereocenters. The van der Waals surface area contributed by atoms with Crippen LogP contribution in [-0.2, 0) is 4.79 Å². The van der Waals surface area contributed by atoms with Gasteiger partial charge in [0, 0.05) is 6.54 Å². The van der Waals surface area contributed by atoms with Crippen molar-refractivity contribution in [3.63, 3.8) is 0 Å². The number of carbonyl (C=O) groups is 1. The molecule has 90 valence electrons. The Bertz CT molecular complexity index is 317. The van der Waals surface area contributed by atoms with E-state index in [0.29, 0.717) is 0 Å². The van der Waals surface area contributed by atoms with Crippen molar-refractivity contribution in [3.8, 4) is 0 Å². The van der Waals surface area contributed by atoms with E-state index in [9.17, 15) is 9.90 Å². The Labute approximate surface area is 101 Å². The minimum atomic E-state index is -0.686. The summed E-state index contributed by atoms with van der Waals surface area (Å²) in [6.45, 7) is 1.79. The summed E-state index contributed by atoms with van der Waals surface area (Å²) in [5, 5.41) is 12.3. The normalized spacial score (nSPS) is 13.4. The molecule has 1 aromatic carbocycles. The van der Waals surface area contributed by atoms with Crippen LogP contribution < -0.4 is 11.1 Å². The molecule has 0 saturated carbocycles. The number of hydrogen-bond donors (Lipinski definition) is 3. The molecule has 0 saturated heterocycles. The van der Waals surface area contributed by atoms with Crippen molar-refractivity contribution in [2.24, 2.45) is 5.73 Å². The van der Waals surface area contributed by atoms with Crippen molar-refractivity contribution >= 4 is 18.3 Å². The molecule has 0 radical (unpaired) electrons. The molecule has 0 aliphatic rings. The number of aliphatic hydroxyl groups is 1. The molecule has 4 N–H and O–H groups in total. The summed E-state index contributed by atoms with van der Waals surface area (Å²) in [5.41, 5.74) is 6.15. The topological polar surface area (TPSA) is 75.4 Å². The molecular weight excluding hydrogens is 228 g/mol. The van der Waals surface area contributed by atoms with Gasteiger partial charge >= 0.3 is 0 Å². The number of nitrogens with two attached hydrogens (primary N) is 1. The Kier molecular flexibility index (Phi) is 6.72. The van der Waals surface area contributed by atoms with Crippen LogP contribution in [0.15, 0.2) is 30.3 Å². The molecule has 1 unspecified atom stereocenters. The van der Waals surface area contributed by atoms with Crippen LogP contribution in [0, 0.1) is 0 Å². The minimum absolute atomic E-state index is 0. The highest BCUT2D eigenvalue weighted by Gasteiger charge is 2.10. The standard InChI is InChI=1S/C11H16N2O2.ClH/c1-8(12)11(15)13-7-10(14)9-5-3-2-4-6-9;/h2-6,8,10,14H,7,12H2,1H3,(H,13,15);1H/t8-,10?;/m1./s1. The fraction of sp³-hybridized carbons (Fsp3) is 0.364. The SMILES string of the molecule is C[C@@H](N)C(=O)NCC(O)c1ccccc1.Cl. The van der Waals surface area contributed by atoms with Gasteiger partial charge in [-0.1, -0.05) is 30.3 Å². The first-order valence-corrected chi connectivity index (χ1v) is 4.87. The number of benzene rings is 1. The molecule has 4 nitrogen and oxygen atoms in total. The maximum absolute atomic E-state index is 11.1. The maximum Gasteiger partial charge on any atom is 0.236 e. The van der Waals surface area contributed by atoms with E-state index in [0.717, 1.165) is 5.56 Å². The van der Waals surface area contributed by atoms with Gasteiger partial charge in [0.1, 0.15) is 0 Å². The molecule has 0 aliphatic heterocycles. The molecule has 0 spiro atoms. The molecule has 0 aromatic heterocycles. The van der Waals surface area contributed by atoms with Gasteiger partial charge in [-0.25, -0.2) is 0 Å². The highest BCUT2D eigenvalue weighted by molar-refractivity contribution is 5.85. The fourth-order valence-corrected chi connectivity index (χ4v) is 1.15. The molecule has 0 fully saturated rings. The lowest BCUT2D eigenvalue weighted by Crippen LogP contribution is -2.40. The van der Waals surface area contributed by atoms with Crippen LogP contribution in [0.1, 0.15) is 18.6 Å². The van der Waals surface area contributed by atoms with Crippen LogP contribution in [0.2, 0.25) is 0 Å². The number of carbonyl (C=O) groups excluding carboxylic acids is 1. The molecule has 0 heterocycles. The maximum atomic E-state index is 11.1. The second-order valence-electron chi connectivity index (χ2n) is 3.46. The third kappa shape index (κ3) is 4.61. The smallest absolute Gasteiger partial charge is 0.236 e. The Morgan fingerprint density at radius 2 is 2.00 bits per heavy atom. The van der Waals surface area contributed by atoms with Crippen LogP contribution >= 0.6 is 12.4 Å². The number of amides is 1. The van der Waals surface area contributed by atoms with Crippen LogP contribution in [0.5, 0.6) is 0 Å². The highest BCUT2D eigenvalue weighted by Crippen LogP contribution is 2.10. The monoisotopic (exact) mass is 244 g/mol. The zero-order valence-electron chi connectivity index (χ0n) is 9.09. The predicted octanol–water partition coefficient (Wildman–Crippen LogP) is 0.605. The van der Waals surface area contributed by atoms with Gasteiger partial charge in [0.25, 0.3) is 0 Å². The van der Waals surface area contributed by atoms with Gasteiger partial charge in [0.15, 0.2) is 0 Å². The number of nitrogens with one attached hydrogen (secondary N) is 1. The average molecular weight is 245 g/mol. The first-order chi connectivity index (χ1) is 7.11. The van der Waals surface area contributed by atoms with E-state index in [-0.39, 0.29) is 24.9 Å². The van der Waals surface area contributed by atoms with E-state index < -0.39 is 12.1 Å². The number of hydrogen-bond acceptors (Lipinski definition) is 3. The first-order valence-electron chi connectivity index (χ1n) is 4.87. The molecule has 16 heavy (non-hydrogen) atoms. The van der Waals surface area contributed by atoms with Crippen LogP contribution in [-0.4, -0.2) is 23.6 Å². The van der Waals surface area contributed by atoms with Gasteiger partial charge in [-0.3, -0.25) is 4.79 Å². The van der Waals surface area contributed by atoms with Crippen LogP contribution in [0.3, 0.4) is 0 Å². The quantitative estimate of drug-likeness (QED) is 0.726. The number of halogens is 1. The molecular formula is C11H17ClN2O2. The Hall–Kier alpha value is -1.10. The van der Waals surface area contributed by atoms with E-state index >= 15 is 0 Å². The third-order valence-corrected chi connectivity index (χ3v) is 2.07. The summed E-state index contributed by atoms with van der Waals surface area (Å²) in [6, 6.07) is 8.62. The second kappa shape index (κ2) is 7.22. The third-order valence-electron chi connectivity index (χ3n) is 2.07. The molecule has 0 aliphatic carbocycles. The Balaban J connectivity index is 0.00000225. The van der Waals surface area contributed by atoms with Crippen LogP contribution in [0.25, 0.3) is 0 Å². The van der Waals surface area contributed by atoms with Gasteiger partial charge in [-0.15, -0.1) is 12.4 Å². The number of rotatable bonds is 4. The first kappa shape index (κ1) is 14.9. The Morgan fingerprint density at radius 3 is 2.50 bits per heavy atom. The van der Waals surface area contributed by atoms with Crippen molar-refractivity contribution < 1.29 is 9.90 Å². The summed E-state index contributed by atoms with van der Waals surface area (Å²) in [5.74, 6) is -0.259. The largest absolute Gasteiger partial charge is 0.387 e.